The molecule has 2 nitrogen and oxygen atoms in total. The van der Waals surface area contributed by atoms with Gasteiger partial charge in [-0.2, -0.15) is 0 Å². The average molecular weight is 293 g/mol. The zero-order valence-electron chi connectivity index (χ0n) is 13.1. The molecule has 0 radical (unpaired) electrons. The maximum Gasteiger partial charge on any atom is 0.0551 e. The molecular formula is C17H27NOS. The first-order chi connectivity index (χ1) is 9.60. The third kappa shape index (κ3) is 2.99. The highest BCUT2D eigenvalue weighted by atomic mass is 32.2. The summed E-state index contributed by atoms with van der Waals surface area (Å²) in [5, 5.41) is 4.09. The fraction of sp³-hybridized carbons (Fsp3) is 0.647. The largest absolute Gasteiger partial charge is 0.309 e. The highest BCUT2D eigenvalue weighted by molar-refractivity contribution is 7.86. The molecule has 1 aromatic rings. The third-order valence-electron chi connectivity index (χ3n) is 4.51. The molecule has 0 saturated carbocycles. The molecule has 0 bridgehead atoms. The Morgan fingerprint density at radius 1 is 1.30 bits per heavy atom. The van der Waals surface area contributed by atoms with E-state index in [9.17, 15) is 4.21 Å². The van der Waals surface area contributed by atoms with Gasteiger partial charge in [0.2, 0.25) is 0 Å². The Bertz CT molecular complexity index is 474. The van der Waals surface area contributed by atoms with Gasteiger partial charge in [0, 0.05) is 22.1 Å². The Labute approximate surface area is 125 Å². The highest BCUT2D eigenvalue weighted by Crippen LogP contribution is 2.40. The summed E-state index contributed by atoms with van der Waals surface area (Å²) in [6, 6.07) is 8.89. The van der Waals surface area contributed by atoms with Crippen LogP contribution < -0.4 is 5.32 Å². The number of nitrogens with one attached hydrogen (secondary N) is 1. The van der Waals surface area contributed by atoms with E-state index < -0.39 is 10.8 Å². The molecule has 1 aliphatic rings. The summed E-state index contributed by atoms with van der Waals surface area (Å²) in [6.07, 6.45) is 2.00. The second-order valence-electron chi connectivity index (χ2n) is 5.89. The van der Waals surface area contributed by atoms with Gasteiger partial charge in [-0.05, 0) is 36.4 Å². The number of hydrogen-bond donors (Lipinski definition) is 1. The van der Waals surface area contributed by atoms with Gasteiger partial charge in [0.1, 0.15) is 0 Å². The lowest BCUT2D eigenvalue weighted by Crippen LogP contribution is -2.41. The van der Waals surface area contributed by atoms with Gasteiger partial charge in [0.15, 0.2) is 0 Å². The van der Waals surface area contributed by atoms with E-state index in [2.05, 4.69) is 57.3 Å². The summed E-state index contributed by atoms with van der Waals surface area (Å²) < 4.78 is 12.8. The molecule has 1 aromatic carbocycles. The zero-order chi connectivity index (χ0) is 14.7. The van der Waals surface area contributed by atoms with Gasteiger partial charge in [0.25, 0.3) is 0 Å². The molecule has 0 saturated heterocycles. The molecule has 5 unspecified atom stereocenters. The third-order valence-corrected chi connectivity index (χ3v) is 6.70. The first-order valence-corrected chi connectivity index (χ1v) is 9.09. The standard InChI is InChI=1S/C17H27NOS/c1-5-13(4)20(19)16-11-12(3)14-9-7-8-10-15(14)17(16)18-6-2/h7-10,12-13,16-18H,5-6,11H2,1-4H3. The van der Waals surface area contributed by atoms with E-state index in [1.54, 1.807) is 0 Å². The summed E-state index contributed by atoms with van der Waals surface area (Å²) >= 11 is 0. The number of fused-ring (bicyclic) bond motifs is 1. The van der Waals surface area contributed by atoms with E-state index in [4.69, 9.17) is 0 Å². The SMILES string of the molecule is CCNC1c2ccccc2C(C)CC1S(=O)C(C)CC. The zero-order valence-corrected chi connectivity index (χ0v) is 13.9. The molecule has 1 N–H and O–H groups in total. The Balaban J connectivity index is 2.37. The summed E-state index contributed by atoms with van der Waals surface area (Å²) in [6.45, 7) is 9.56. The monoisotopic (exact) mass is 293 g/mol. The molecule has 0 spiro atoms. The first kappa shape index (κ1) is 15.7. The summed E-state index contributed by atoms with van der Waals surface area (Å²) in [7, 11) is -0.773. The molecule has 5 atom stereocenters. The minimum Gasteiger partial charge on any atom is -0.309 e. The maximum atomic E-state index is 12.8. The van der Waals surface area contributed by atoms with E-state index in [1.807, 2.05) is 0 Å². The van der Waals surface area contributed by atoms with E-state index in [0.717, 1.165) is 19.4 Å². The predicted molar refractivity (Wildman–Crippen MR) is 87.6 cm³/mol. The average Bonchev–Trinajstić information content (AvgIpc) is 2.48. The molecule has 20 heavy (non-hydrogen) atoms. The Morgan fingerprint density at radius 3 is 2.55 bits per heavy atom. The summed E-state index contributed by atoms with van der Waals surface area (Å²) in [4.78, 5) is 0. The van der Waals surface area contributed by atoms with Gasteiger partial charge >= 0.3 is 0 Å². The molecule has 2 rings (SSSR count). The van der Waals surface area contributed by atoms with Crippen molar-refractivity contribution in [3.63, 3.8) is 0 Å². The second kappa shape index (κ2) is 6.86. The molecule has 0 fully saturated rings. The minimum absolute atomic E-state index is 0.231. The van der Waals surface area contributed by atoms with Crippen molar-refractivity contribution in [2.24, 2.45) is 0 Å². The Morgan fingerprint density at radius 2 is 1.95 bits per heavy atom. The maximum absolute atomic E-state index is 12.8. The summed E-state index contributed by atoms with van der Waals surface area (Å²) in [5.41, 5.74) is 2.78. The lowest BCUT2D eigenvalue weighted by atomic mass is 9.80. The van der Waals surface area contributed by atoms with Crippen LogP contribution in [0.3, 0.4) is 0 Å². The van der Waals surface area contributed by atoms with Gasteiger partial charge in [-0.25, -0.2) is 0 Å². The molecule has 0 heterocycles. The highest BCUT2D eigenvalue weighted by Gasteiger charge is 2.37. The van der Waals surface area contributed by atoms with Crippen molar-refractivity contribution in [3.05, 3.63) is 35.4 Å². The predicted octanol–water partition coefficient (Wildman–Crippen LogP) is 3.76. The van der Waals surface area contributed by atoms with E-state index >= 15 is 0 Å². The van der Waals surface area contributed by atoms with Crippen molar-refractivity contribution in [2.75, 3.05) is 6.54 Å². The van der Waals surface area contributed by atoms with Crippen molar-refractivity contribution in [2.45, 2.75) is 63.0 Å². The van der Waals surface area contributed by atoms with Crippen molar-refractivity contribution in [3.8, 4) is 0 Å². The molecule has 0 aromatic heterocycles. The van der Waals surface area contributed by atoms with Crippen LogP contribution in [0.2, 0.25) is 0 Å². The molecule has 112 valence electrons. The summed E-state index contributed by atoms with van der Waals surface area (Å²) in [5.74, 6) is 0.499. The van der Waals surface area contributed by atoms with Gasteiger partial charge in [0.05, 0.1) is 5.25 Å². The lowest BCUT2D eigenvalue weighted by molar-refractivity contribution is 0.443. The molecule has 1 aliphatic carbocycles. The molecule has 3 heteroatoms. The lowest BCUT2D eigenvalue weighted by Gasteiger charge is -2.38. The normalized spacial score (nSPS) is 28.7. The van der Waals surface area contributed by atoms with Crippen LogP contribution in [0.25, 0.3) is 0 Å². The van der Waals surface area contributed by atoms with Crippen molar-refractivity contribution in [1.29, 1.82) is 0 Å². The quantitative estimate of drug-likeness (QED) is 0.895. The van der Waals surface area contributed by atoms with Crippen LogP contribution in [-0.2, 0) is 10.8 Å². The number of rotatable bonds is 5. The minimum atomic E-state index is -0.773. The molecule has 0 aliphatic heterocycles. The van der Waals surface area contributed by atoms with Crippen molar-refractivity contribution in [1.82, 2.24) is 5.32 Å². The topological polar surface area (TPSA) is 29.1 Å². The smallest absolute Gasteiger partial charge is 0.0551 e. The van der Waals surface area contributed by atoms with Crippen molar-refractivity contribution >= 4 is 10.8 Å². The first-order valence-electron chi connectivity index (χ1n) is 7.81. The van der Waals surface area contributed by atoms with E-state index in [-0.39, 0.29) is 16.5 Å². The fourth-order valence-electron chi connectivity index (χ4n) is 3.21. The fourth-order valence-corrected chi connectivity index (χ4v) is 5.12. The van der Waals surface area contributed by atoms with Crippen LogP contribution in [0.5, 0.6) is 0 Å². The van der Waals surface area contributed by atoms with Crippen LogP contribution in [-0.4, -0.2) is 21.3 Å². The van der Waals surface area contributed by atoms with Crippen LogP contribution in [0, 0.1) is 0 Å². The van der Waals surface area contributed by atoms with Crippen LogP contribution in [0.1, 0.15) is 63.6 Å². The Hall–Kier alpha value is -0.670. The molecule has 0 amide bonds. The van der Waals surface area contributed by atoms with Gasteiger partial charge in [-0.15, -0.1) is 0 Å². The van der Waals surface area contributed by atoms with Crippen molar-refractivity contribution < 1.29 is 4.21 Å². The van der Waals surface area contributed by atoms with E-state index in [1.165, 1.54) is 11.1 Å². The Kier molecular flexibility index (Phi) is 5.39. The van der Waals surface area contributed by atoms with Crippen LogP contribution in [0.4, 0.5) is 0 Å². The van der Waals surface area contributed by atoms with E-state index in [0.29, 0.717) is 5.92 Å². The van der Waals surface area contributed by atoms with Crippen LogP contribution >= 0.6 is 0 Å². The molecular weight excluding hydrogens is 266 g/mol. The van der Waals surface area contributed by atoms with Crippen LogP contribution in [0.15, 0.2) is 24.3 Å². The van der Waals surface area contributed by atoms with Gasteiger partial charge < -0.3 is 5.32 Å². The number of hydrogen-bond acceptors (Lipinski definition) is 2. The van der Waals surface area contributed by atoms with Gasteiger partial charge in [-0.3, -0.25) is 4.21 Å². The second-order valence-corrected chi connectivity index (χ2v) is 7.95. The van der Waals surface area contributed by atoms with Gasteiger partial charge in [-0.1, -0.05) is 52.0 Å². The number of benzene rings is 1.